The molecule has 1 atom stereocenters. The number of carbonyl (C=O) groups is 1. The van der Waals surface area contributed by atoms with Crippen LogP contribution in [0.2, 0.25) is 5.02 Å². The van der Waals surface area contributed by atoms with Crippen LogP contribution in [0.25, 0.3) is 0 Å². The first-order valence-corrected chi connectivity index (χ1v) is 8.11. The van der Waals surface area contributed by atoms with Gasteiger partial charge in [-0.25, -0.2) is 9.97 Å². The minimum atomic E-state index is -0.0934. The predicted octanol–water partition coefficient (Wildman–Crippen LogP) is 3.29. The van der Waals surface area contributed by atoms with Gasteiger partial charge in [-0.3, -0.25) is 4.79 Å². The number of benzene rings is 1. The van der Waals surface area contributed by atoms with Gasteiger partial charge in [0.15, 0.2) is 0 Å². The molecule has 0 bridgehead atoms. The highest BCUT2D eigenvalue weighted by Gasteiger charge is 2.27. The second-order valence-corrected chi connectivity index (χ2v) is 6.16. The van der Waals surface area contributed by atoms with Crippen LogP contribution >= 0.6 is 11.6 Å². The number of piperidine rings is 1. The number of hydrogen-bond donors (Lipinski definition) is 1. The van der Waals surface area contributed by atoms with Crippen LogP contribution in [0.3, 0.4) is 0 Å². The lowest BCUT2D eigenvalue weighted by atomic mass is 9.97. The number of hydrogen-bond acceptors (Lipinski definition) is 4. The zero-order valence-corrected chi connectivity index (χ0v) is 13.8. The molecular formula is C17H19ClN4O. The summed E-state index contributed by atoms with van der Waals surface area (Å²) in [5.74, 6) is 0.597. The Morgan fingerprint density at radius 1 is 1.35 bits per heavy atom. The Labute approximate surface area is 140 Å². The van der Waals surface area contributed by atoms with E-state index in [0.717, 1.165) is 25.1 Å². The Morgan fingerprint density at radius 3 is 2.96 bits per heavy atom. The summed E-state index contributed by atoms with van der Waals surface area (Å²) in [6.45, 7) is 3.44. The molecule has 1 N–H and O–H groups in total. The minimum Gasteiger partial charge on any atom is -0.340 e. The molecule has 1 aliphatic rings. The molecule has 2 aromatic rings. The molecule has 0 spiro atoms. The maximum atomic E-state index is 12.5. The van der Waals surface area contributed by atoms with Gasteiger partial charge < -0.3 is 10.2 Å². The summed E-state index contributed by atoms with van der Waals surface area (Å²) in [5, 5.41) is 3.48. The average molecular weight is 331 g/mol. The van der Waals surface area contributed by atoms with Crippen LogP contribution in [0.1, 0.15) is 18.5 Å². The van der Waals surface area contributed by atoms with E-state index in [9.17, 15) is 4.79 Å². The van der Waals surface area contributed by atoms with Crippen molar-refractivity contribution in [1.29, 1.82) is 0 Å². The molecule has 5 nitrogen and oxygen atoms in total. The molecule has 1 amide bonds. The molecule has 1 aromatic heterocycles. The highest BCUT2D eigenvalue weighted by atomic mass is 35.5. The summed E-state index contributed by atoms with van der Waals surface area (Å²) in [5.41, 5.74) is 1.58. The molecule has 6 heteroatoms. The van der Waals surface area contributed by atoms with Gasteiger partial charge in [-0.15, -0.1) is 0 Å². The maximum Gasteiger partial charge on any atom is 0.229 e. The smallest absolute Gasteiger partial charge is 0.229 e. The van der Waals surface area contributed by atoms with Gasteiger partial charge in [-0.2, -0.15) is 0 Å². The van der Waals surface area contributed by atoms with E-state index in [2.05, 4.69) is 20.2 Å². The van der Waals surface area contributed by atoms with E-state index in [0.29, 0.717) is 23.2 Å². The predicted molar refractivity (Wildman–Crippen MR) is 91.8 cm³/mol. The molecule has 1 fully saturated rings. The summed E-state index contributed by atoms with van der Waals surface area (Å²) in [4.78, 5) is 23.4. The maximum absolute atomic E-state index is 12.5. The number of carbonyl (C=O) groups excluding carboxylic acids is 1. The summed E-state index contributed by atoms with van der Waals surface area (Å²) >= 11 is 6.10. The van der Waals surface area contributed by atoms with Crippen molar-refractivity contribution in [1.82, 2.24) is 9.97 Å². The molecule has 1 aliphatic heterocycles. The lowest BCUT2D eigenvalue weighted by Gasteiger charge is -2.32. The first kappa shape index (κ1) is 15.7. The molecule has 1 aromatic carbocycles. The SMILES string of the molecule is Cc1ccnc(N2CCC[C@@H](C(=O)Nc3ccccc3Cl)C2)n1. The highest BCUT2D eigenvalue weighted by molar-refractivity contribution is 6.33. The standard InChI is InChI=1S/C17H19ClN4O/c1-12-8-9-19-17(20-12)22-10-4-5-13(11-22)16(23)21-15-7-3-2-6-14(15)18/h2-3,6-9,13H,4-5,10-11H2,1H3,(H,21,23)/t13-/m1/s1. The number of anilines is 2. The van der Waals surface area contributed by atoms with Gasteiger partial charge >= 0.3 is 0 Å². The van der Waals surface area contributed by atoms with E-state index < -0.39 is 0 Å². The molecule has 1 saturated heterocycles. The Kier molecular flexibility index (Phi) is 4.76. The van der Waals surface area contributed by atoms with Gasteiger partial charge in [-0.05, 0) is 38.0 Å². The summed E-state index contributed by atoms with van der Waals surface area (Å²) in [7, 11) is 0. The number of aryl methyl sites for hydroxylation is 1. The third-order valence-corrected chi connectivity index (χ3v) is 4.32. The third-order valence-electron chi connectivity index (χ3n) is 3.99. The van der Waals surface area contributed by atoms with Crippen molar-refractivity contribution in [2.24, 2.45) is 5.92 Å². The zero-order valence-electron chi connectivity index (χ0n) is 13.0. The normalized spacial score (nSPS) is 17.8. The van der Waals surface area contributed by atoms with E-state index in [4.69, 9.17) is 11.6 Å². The van der Waals surface area contributed by atoms with Gasteiger partial charge in [0.2, 0.25) is 11.9 Å². The first-order valence-electron chi connectivity index (χ1n) is 7.73. The lowest BCUT2D eigenvalue weighted by molar-refractivity contribution is -0.120. The Balaban J connectivity index is 1.68. The quantitative estimate of drug-likeness (QED) is 0.938. The Hall–Kier alpha value is -2.14. The third kappa shape index (κ3) is 3.79. The van der Waals surface area contributed by atoms with Gasteiger partial charge in [-0.1, -0.05) is 23.7 Å². The van der Waals surface area contributed by atoms with E-state index in [1.54, 1.807) is 12.3 Å². The second kappa shape index (κ2) is 6.96. The Morgan fingerprint density at radius 2 is 2.17 bits per heavy atom. The van der Waals surface area contributed by atoms with E-state index in [-0.39, 0.29) is 11.8 Å². The number of amides is 1. The van der Waals surface area contributed by atoms with Crippen LogP contribution in [-0.4, -0.2) is 29.0 Å². The van der Waals surface area contributed by atoms with Gasteiger partial charge in [0.05, 0.1) is 16.6 Å². The Bertz CT molecular complexity index is 706. The van der Waals surface area contributed by atoms with Crippen LogP contribution in [0.15, 0.2) is 36.5 Å². The molecule has 0 saturated carbocycles. The number of nitrogens with zero attached hydrogens (tertiary/aromatic N) is 3. The second-order valence-electron chi connectivity index (χ2n) is 5.75. The largest absolute Gasteiger partial charge is 0.340 e. The van der Waals surface area contributed by atoms with Crippen molar-refractivity contribution in [2.75, 3.05) is 23.3 Å². The van der Waals surface area contributed by atoms with E-state index in [1.807, 2.05) is 31.2 Å². The molecule has 0 unspecified atom stereocenters. The molecule has 0 aliphatic carbocycles. The molecule has 0 radical (unpaired) electrons. The average Bonchev–Trinajstić information content (AvgIpc) is 2.57. The van der Waals surface area contributed by atoms with Gasteiger partial charge in [0.25, 0.3) is 0 Å². The van der Waals surface area contributed by atoms with E-state index >= 15 is 0 Å². The summed E-state index contributed by atoms with van der Waals surface area (Å²) < 4.78 is 0. The fourth-order valence-electron chi connectivity index (χ4n) is 2.76. The summed E-state index contributed by atoms with van der Waals surface area (Å²) in [6, 6.07) is 9.15. The topological polar surface area (TPSA) is 58.1 Å². The summed E-state index contributed by atoms with van der Waals surface area (Å²) in [6.07, 6.45) is 3.56. The number of halogens is 1. The van der Waals surface area contributed by atoms with Crippen LogP contribution < -0.4 is 10.2 Å². The van der Waals surface area contributed by atoms with Crippen LogP contribution in [0, 0.1) is 12.8 Å². The van der Waals surface area contributed by atoms with Crippen molar-refractivity contribution in [3.05, 3.63) is 47.2 Å². The molecule has 2 heterocycles. The zero-order chi connectivity index (χ0) is 16.2. The van der Waals surface area contributed by atoms with Gasteiger partial charge in [0, 0.05) is 25.0 Å². The van der Waals surface area contributed by atoms with Gasteiger partial charge in [0.1, 0.15) is 0 Å². The number of aromatic nitrogens is 2. The number of rotatable bonds is 3. The monoisotopic (exact) mass is 330 g/mol. The van der Waals surface area contributed by atoms with Crippen molar-refractivity contribution in [3.8, 4) is 0 Å². The fraction of sp³-hybridized carbons (Fsp3) is 0.353. The molecule has 120 valence electrons. The number of nitrogens with one attached hydrogen (secondary N) is 1. The van der Waals surface area contributed by atoms with Crippen molar-refractivity contribution in [3.63, 3.8) is 0 Å². The molecule has 3 rings (SSSR count). The van der Waals surface area contributed by atoms with Crippen LogP contribution in [0.4, 0.5) is 11.6 Å². The van der Waals surface area contributed by atoms with E-state index in [1.165, 1.54) is 0 Å². The fourth-order valence-corrected chi connectivity index (χ4v) is 2.94. The highest BCUT2D eigenvalue weighted by Crippen LogP contribution is 2.24. The van der Waals surface area contributed by atoms with Crippen molar-refractivity contribution < 1.29 is 4.79 Å². The minimum absolute atomic E-state index is 0.00421. The van der Waals surface area contributed by atoms with Crippen molar-refractivity contribution in [2.45, 2.75) is 19.8 Å². The van der Waals surface area contributed by atoms with Crippen molar-refractivity contribution >= 4 is 29.1 Å². The molecule has 23 heavy (non-hydrogen) atoms. The molecular weight excluding hydrogens is 312 g/mol. The first-order chi connectivity index (χ1) is 11.1. The van der Waals surface area contributed by atoms with Crippen LogP contribution in [-0.2, 0) is 4.79 Å². The van der Waals surface area contributed by atoms with Crippen LogP contribution in [0.5, 0.6) is 0 Å². The number of para-hydroxylation sites is 1. The lowest BCUT2D eigenvalue weighted by Crippen LogP contribution is -2.41.